The van der Waals surface area contributed by atoms with E-state index in [0.29, 0.717) is 11.4 Å². The fraction of sp³-hybridized carbons (Fsp3) is 0.111. The molecule has 3 aromatic rings. The Kier molecular flexibility index (Phi) is 3.74. The minimum Gasteiger partial charge on any atom is -0.307 e. The van der Waals surface area contributed by atoms with E-state index in [2.05, 4.69) is 10.4 Å². The molecule has 0 radical (unpaired) electrons. The minimum atomic E-state index is -0.133. The third-order valence-electron chi connectivity index (χ3n) is 3.60. The summed E-state index contributed by atoms with van der Waals surface area (Å²) in [6.07, 6.45) is 0. The van der Waals surface area contributed by atoms with Crippen LogP contribution in [-0.2, 0) is 7.05 Å². The van der Waals surface area contributed by atoms with Gasteiger partial charge in [0.1, 0.15) is 5.82 Å². The summed E-state index contributed by atoms with van der Waals surface area (Å²) in [6.45, 7) is 1.97. The number of amides is 1. The number of hydrogen-bond donors (Lipinski definition) is 1. The van der Waals surface area contributed by atoms with Crippen LogP contribution in [0.15, 0.2) is 60.7 Å². The number of aryl methyl sites for hydroxylation is 1. The molecule has 0 aliphatic carbocycles. The second kappa shape index (κ2) is 5.85. The molecule has 0 spiro atoms. The van der Waals surface area contributed by atoms with Crippen LogP contribution in [0.1, 0.15) is 15.9 Å². The molecule has 0 aliphatic heterocycles. The van der Waals surface area contributed by atoms with Gasteiger partial charge in [-0.1, -0.05) is 48.5 Å². The van der Waals surface area contributed by atoms with Crippen molar-refractivity contribution in [3.05, 3.63) is 71.8 Å². The molecule has 4 nitrogen and oxygen atoms in total. The number of nitrogens with zero attached hydrogens (tertiary/aromatic N) is 2. The lowest BCUT2D eigenvalue weighted by atomic mass is 10.1. The first kappa shape index (κ1) is 14.1. The van der Waals surface area contributed by atoms with Gasteiger partial charge in [-0.2, -0.15) is 5.10 Å². The molecule has 3 rings (SSSR count). The summed E-state index contributed by atoms with van der Waals surface area (Å²) in [5.41, 5.74) is 3.50. The molecular formula is C18H17N3O. The van der Waals surface area contributed by atoms with Gasteiger partial charge in [0.2, 0.25) is 0 Å². The zero-order valence-corrected chi connectivity index (χ0v) is 12.6. The van der Waals surface area contributed by atoms with E-state index >= 15 is 0 Å². The van der Waals surface area contributed by atoms with Gasteiger partial charge in [-0.15, -0.1) is 0 Å². The molecular weight excluding hydrogens is 274 g/mol. The molecule has 1 N–H and O–H groups in total. The van der Waals surface area contributed by atoms with Gasteiger partial charge in [-0.3, -0.25) is 9.48 Å². The zero-order valence-electron chi connectivity index (χ0n) is 12.6. The summed E-state index contributed by atoms with van der Waals surface area (Å²) < 4.78 is 1.71. The lowest BCUT2D eigenvalue weighted by molar-refractivity contribution is 0.102. The summed E-state index contributed by atoms with van der Waals surface area (Å²) in [7, 11) is 1.83. The van der Waals surface area contributed by atoms with Crippen LogP contribution in [-0.4, -0.2) is 15.7 Å². The van der Waals surface area contributed by atoms with Crippen molar-refractivity contribution in [1.82, 2.24) is 9.78 Å². The topological polar surface area (TPSA) is 46.9 Å². The second-order valence-corrected chi connectivity index (χ2v) is 5.13. The number of rotatable bonds is 3. The maximum absolute atomic E-state index is 12.3. The number of anilines is 1. The van der Waals surface area contributed by atoms with Crippen LogP contribution in [0.2, 0.25) is 0 Å². The van der Waals surface area contributed by atoms with Crippen LogP contribution in [0.5, 0.6) is 0 Å². The van der Waals surface area contributed by atoms with Gasteiger partial charge >= 0.3 is 0 Å². The smallest absolute Gasteiger partial charge is 0.256 e. The van der Waals surface area contributed by atoms with Gasteiger partial charge in [-0.25, -0.2) is 0 Å². The first-order chi connectivity index (χ1) is 10.7. The van der Waals surface area contributed by atoms with Crippen molar-refractivity contribution in [2.45, 2.75) is 6.92 Å². The van der Waals surface area contributed by atoms with Crippen molar-refractivity contribution in [3.63, 3.8) is 0 Å². The van der Waals surface area contributed by atoms with Crippen LogP contribution in [0.4, 0.5) is 5.82 Å². The average Bonchev–Trinajstić information content (AvgIpc) is 2.84. The Bertz CT molecular complexity index is 792. The van der Waals surface area contributed by atoms with Crippen molar-refractivity contribution in [2.75, 3.05) is 5.32 Å². The Balaban J connectivity index is 1.93. The molecule has 0 fully saturated rings. The number of benzene rings is 2. The number of carbonyl (C=O) groups excluding carboxylic acids is 1. The van der Waals surface area contributed by atoms with Crippen molar-refractivity contribution in [1.29, 1.82) is 0 Å². The molecule has 2 aromatic carbocycles. The van der Waals surface area contributed by atoms with E-state index in [1.165, 1.54) is 0 Å². The number of carbonyl (C=O) groups is 1. The number of nitrogens with one attached hydrogen (secondary N) is 1. The highest BCUT2D eigenvalue weighted by Crippen LogP contribution is 2.27. The predicted molar refractivity (Wildman–Crippen MR) is 87.8 cm³/mol. The quantitative estimate of drug-likeness (QED) is 0.800. The molecule has 0 bridgehead atoms. The molecule has 22 heavy (non-hydrogen) atoms. The Hall–Kier alpha value is -2.88. The van der Waals surface area contributed by atoms with E-state index < -0.39 is 0 Å². The highest BCUT2D eigenvalue weighted by Gasteiger charge is 2.16. The van der Waals surface area contributed by atoms with Gasteiger partial charge in [0, 0.05) is 23.7 Å². The van der Waals surface area contributed by atoms with Crippen LogP contribution in [0.3, 0.4) is 0 Å². The summed E-state index contributed by atoms with van der Waals surface area (Å²) in [4.78, 5) is 12.3. The molecule has 110 valence electrons. The summed E-state index contributed by atoms with van der Waals surface area (Å²) >= 11 is 0. The lowest BCUT2D eigenvalue weighted by Crippen LogP contribution is -2.15. The molecule has 0 saturated carbocycles. The van der Waals surface area contributed by atoms with Crippen molar-refractivity contribution in [3.8, 4) is 11.3 Å². The van der Waals surface area contributed by atoms with Gasteiger partial charge in [0.05, 0.1) is 5.69 Å². The third kappa shape index (κ3) is 2.63. The van der Waals surface area contributed by atoms with E-state index in [4.69, 9.17) is 0 Å². The molecule has 1 aromatic heterocycles. The molecule has 1 amide bonds. The molecule has 0 unspecified atom stereocenters. The van der Waals surface area contributed by atoms with Crippen molar-refractivity contribution in [2.24, 2.45) is 7.05 Å². The van der Waals surface area contributed by atoms with Crippen molar-refractivity contribution < 1.29 is 4.79 Å². The van der Waals surface area contributed by atoms with Gasteiger partial charge < -0.3 is 5.32 Å². The van der Waals surface area contributed by atoms with Crippen LogP contribution < -0.4 is 5.32 Å². The molecule has 1 heterocycles. The fourth-order valence-corrected chi connectivity index (χ4v) is 2.44. The van der Waals surface area contributed by atoms with Crippen LogP contribution in [0.25, 0.3) is 11.3 Å². The standard InChI is InChI=1S/C18H17N3O/c1-13-16(14-9-5-3-6-10-14)20-21(2)17(13)19-18(22)15-11-7-4-8-12-15/h3-12H,1-2H3,(H,19,22). The molecule has 4 heteroatoms. The van der Waals surface area contributed by atoms with E-state index in [9.17, 15) is 4.79 Å². The molecule has 0 atom stereocenters. The Morgan fingerprint density at radius 3 is 2.23 bits per heavy atom. The van der Waals surface area contributed by atoms with E-state index in [1.54, 1.807) is 16.8 Å². The SMILES string of the molecule is Cc1c(-c2ccccc2)nn(C)c1NC(=O)c1ccccc1. The Morgan fingerprint density at radius 1 is 1.00 bits per heavy atom. The zero-order chi connectivity index (χ0) is 15.5. The number of hydrogen-bond acceptors (Lipinski definition) is 2. The molecule has 0 saturated heterocycles. The third-order valence-corrected chi connectivity index (χ3v) is 3.60. The normalized spacial score (nSPS) is 10.5. The van der Waals surface area contributed by atoms with Gasteiger partial charge in [0.25, 0.3) is 5.91 Å². The first-order valence-electron chi connectivity index (χ1n) is 7.12. The van der Waals surface area contributed by atoms with Crippen LogP contribution in [0, 0.1) is 6.92 Å². The van der Waals surface area contributed by atoms with E-state index in [-0.39, 0.29) is 5.91 Å². The monoisotopic (exact) mass is 291 g/mol. The second-order valence-electron chi connectivity index (χ2n) is 5.13. The number of aromatic nitrogens is 2. The van der Waals surface area contributed by atoms with Crippen LogP contribution >= 0.6 is 0 Å². The average molecular weight is 291 g/mol. The van der Waals surface area contributed by atoms with Crippen molar-refractivity contribution >= 4 is 11.7 Å². The van der Waals surface area contributed by atoms with E-state index in [1.807, 2.05) is 62.5 Å². The van der Waals surface area contributed by atoms with Gasteiger partial charge in [0.15, 0.2) is 0 Å². The Labute approximate surface area is 129 Å². The Morgan fingerprint density at radius 2 is 1.59 bits per heavy atom. The largest absolute Gasteiger partial charge is 0.307 e. The lowest BCUT2D eigenvalue weighted by Gasteiger charge is -2.06. The predicted octanol–water partition coefficient (Wildman–Crippen LogP) is 3.65. The van der Waals surface area contributed by atoms with Gasteiger partial charge in [-0.05, 0) is 19.1 Å². The summed E-state index contributed by atoms with van der Waals surface area (Å²) in [6, 6.07) is 19.1. The molecule has 0 aliphatic rings. The summed E-state index contributed by atoms with van der Waals surface area (Å²) in [5, 5.41) is 7.48. The highest BCUT2D eigenvalue weighted by atomic mass is 16.1. The fourth-order valence-electron chi connectivity index (χ4n) is 2.44. The highest BCUT2D eigenvalue weighted by molar-refractivity contribution is 6.04. The maximum atomic E-state index is 12.3. The summed E-state index contributed by atoms with van der Waals surface area (Å²) in [5.74, 6) is 0.582. The minimum absolute atomic E-state index is 0.133. The van der Waals surface area contributed by atoms with E-state index in [0.717, 1.165) is 16.8 Å². The maximum Gasteiger partial charge on any atom is 0.256 e. The first-order valence-corrected chi connectivity index (χ1v) is 7.12.